The molecule has 16 heavy (non-hydrogen) atoms. The maximum atomic E-state index is 5.70. The average molecular weight is 215 g/mol. The largest absolute Gasteiger partial charge is 0.373 e. The van der Waals surface area contributed by atoms with Crippen LogP contribution in [-0.2, 0) is 16.9 Å². The highest BCUT2D eigenvalue weighted by Crippen LogP contribution is 2.34. The van der Waals surface area contributed by atoms with E-state index in [0.29, 0.717) is 0 Å². The van der Waals surface area contributed by atoms with Gasteiger partial charge in [0.05, 0.1) is 18.8 Å². The summed E-state index contributed by atoms with van der Waals surface area (Å²) >= 11 is 0. The summed E-state index contributed by atoms with van der Waals surface area (Å²) in [7, 11) is 0. The molecule has 0 saturated carbocycles. The first-order chi connectivity index (χ1) is 7.61. The molecule has 0 radical (unpaired) electrons. The minimum absolute atomic E-state index is 0.0570. The normalized spacial score (nSPS) is 18.7. The van der Waals surface area contributed by atoms with E-state index in [1.54, 1.807) is 0 Å². The average Bonchev–Trinajstić information content (AvgIpc) is 2.54. The van der Waals surface area contributed by atoms with Gasteiger partial charge in [0.1, 0.15) is 0 Å². The predicted molar refractivity (Wildman–Crippen MR) is 65.7 cm³/mol. The van der Waals surface area contributed by atoms with E-state index in [1.165, 1.54) is 22.2 Å². The van der Waals surface area contributed by atoms with Crippen LogP contribution in [0.15, 0.2) is 24.3 Å². The molecule has 0 N–H and O–H groups in total. The monoisotopic (exact) mass is 215 g/mol. The van der Waals surface area contributed by atoms with Gasteiger partial charge in [-0.2, -0.15) is 0 Å². The third-order valence-corrected chi connectivity index (χ3v) is 3.55. The van der Waals surface area contributed by atoms with Gasteiger partial charge >= 0.3 is 0 Å². The highest BCUT2D eigenvalue weighted by Gasteiger charge is 2.30. The maximum Gasteiger partial charge on any atom is 0.0872 e. The van der Waals surface area contributed by atoms with Crippen molar-refractivity contribution in [2.24, 2.45) is 0 Å². The summed E-state index contributed by atoms with van der Waals surface area (Å²) in [4.78, 5) is 0. The van der Waals surface area contributed by atoms with E-state index in [9.17, 15) is 0 Å². The lowest BCUT2D eigenvalue weighted by atomic mass is 10.0. The van der Waals surface area contributed by atoms with E-state index in [0.717, 1.165) is 13.2 Å². The second-order valence-electron chi connectivity index (χ2n) is 5.23. The fourth-order valence-electron chi connectivity index (χ4n) is 2.78. The van der Waals surface area contributed by atoms with Crippen LogP contribution in [0.2, 0.25) is 0 Å². The number of para-hydroxylation sites is 1. The molecule has 84 valence electrons. The van der Waals surface area contributed by atoms with Crippen LogP contribution in [0, 0.1) is 6.92 Å². The zero-order chi connectivity index (χ0) is 11.3. The summed E-state index contributed by atoms with van der Waals surface area (Å²) in [6, 6.07) is 8.63. The van der Waals surface area contributed by atoms with Crippen molar-refractivity contribution in [1.29, 1.82) is 0 Å². The molecule has 0 bridgehead atoms. The first-order valence-corrected chi connectivity index (χ1v) is 5.78. The molecule has 2 heterocycles. The lowest BCUT2D eigenvalue weighted by Crippen LogP contribution is -2.37. The van der Waals surface area contributed by atoms with Crippen molar-refractivity contribution in [2.75, 3.05) is 6.61 Å². The molecular weight excluding hydrogens is 198 g/mol. The van der Waals surface area contributed by atoms with E-state index in [-0.39, 0.29) is 5.54 Å². The molecular formula is C14H17NO. The second kappa shape index (κ2) is 3.11. The summed E-state index contributed by atoms with van der Waals surface area (Å²) in [5.74, 6) is 0. The Morgan fingerprint density at radius 3 is 2.81 bits per heavy atom. The van der Waals surface area contributed by atoms with Crippen LogP contribution in [-0.4, -0.2) is 11.2 Å². The number of aromatic nitrogens is 1. The molecule has 2 nitrogen and oxygen atoms in total. The molecule has 2 aromatic rings. The fourth-order valence-corrected chi connectivity index (χ4v) is 2.78. The van der Waals surface area contributed by atoms with Gasteiger partial charge in [-0.1, -0.05) is 18.2 Å². The molecule has 1 aliphatic rings. The lowest BCUT2D eigenvalue weighted by Gasteiger charge is -2.34. The Morgan fingerprint density at radius 2 is 2.00 bits per heavy atom. The van der Waals surface area contributed by atoms with Crippen molar-refractivity contribution >= 4 is 10.9 Å². The van der Waals surface area contributed by atoms with Gasteiger partial charge in [-0.25, -0.2) is 0 Å². The SMILES string of the molecule is Cc1c2n(c3ccccc13)C(C)(C)COC2. The molecule has 1 aliphatic heterocycles. The minimum Gasteiger partial charge on any atom is -0.373 e. The third-order valence-electron chi connectivity index (χ3n) is 3.55. The molecule has 2 heteroatoms. The molecule has 0 atom stereocenters. The number of ether oxygens (including phenoxy) is 1. The first kappa shape index (κ1) is 9.91. The van der Waals surface area contributed by atoms with E-state index in [4.69, 9.17) is 4.74 Å². The minimum atomic E-state index is 0.0570. The van der Waals surface area contributed by atoms with E-state index in [2.05, 4.69) is 49.6 Å². The molecule has 0 saturated heterocycles. The Morgan fingerprint density at radius 1 is 1.25 bits per heavy atom. The van der Waals surface area contributed by atoms with Crippen LogP contribution in [0.25, 0.3) is 10.9 Å². The highest BCUT2D eigenvalue weighted by molar-refractivity contribution is 5.85. The number of nitrogens with zero attached hydrogens (tertiary/aromatic N) is 1. The van der Waals surface area contributed by atoms with Gasteiger partial charge in [0.2, 0.25) is 0 Å². The van der Waals surface area contributed by atoms with Crippen LogP contribution in [0.5, 0.6) is 0 Å². The van der Waals surface area contributed by atoms with Gasteiger partial charge in [-0.15, -0.1) is 0 Å². The summed E-state index contributed by atoms with van der Waals surface area (Å²) < 4.78 is 8.15. The van der Waals surface area contributed by atoms with Crippen molar-refractivity contribution in [3.63, 3.8) is 0 Å². The Balaban J connectivity index is 2.44. The topological polar surface area (TPSA) is 14.2 Å². The lowest BCUT2D eigenvalue weighted by molar-refractivity contribution is 0.0231. The summed E-state index contributed by atoms with van der Waals surface area (Å²) in [5.41, 5.74) is 4.09. The molecule has 0 amide bonds. The summed E-state index contributed by atoms with van der Waals surface area (Å²) in [6.07, 6.45) is 0. The Bertz CT molecular complexity index is 551. The Labute approximate surface area is 95.8 Å². The molecule has 0 fully saturated rings. The Kier molecular flexibility index (Phi) is 1.93. The van der Waals surface area contributed by atoms with E-state index >= 15 is 0 Å². The van der Waals surface area contributed by atoms with Crippen molar-refractivity contribution in [1.82, 2.24) is 4.57 Å². The van der Waals surface area contributed by atoms with Crippen molar-refractivity contribution < 1.29 is 4.74 Å². The van der Waals surface area contributed by atoms with Crippen LogP contribution < -0.4 is 0 Å². The first-order valence-electron chi connectivity index (χ1n) is 5.78. The van der Waals surface area contributed by atoms with Gasteiger partial charge in [-0.05, 0) is 32.4 Å². The summed E-state index contributed by atoms with van der Waals surface area (Å²) in [6.45, 7) is 8.20. The van der Waals surface area contributed by atoms with Crippen LogP contribution >= 0.6 is 0 Å². The van der Waals surface area contributed by atoms with Gasteiger partial charge in [0.25, 0.3) is 0 Å². The van der Waals surface area contributed by atoms with Crippen molar-refractivity contribution in [2.45, 2.75) is 32.9 Å². The van der Waals surface area contributed by atoms with Gasteiger partial charge < -0.3 is 9.30 Å². The molecule has 3 rings (SSSR count). The standard InChI is InChI=1S/C14H17NO/c1-10-11-6-4-5-7-12(11)15-13(10)8-16-9-14(15,2)3/h4-7H,8-9H2,1-3H3. The molecule has 0 unspecified atom stereocenters. The number of hydrogen-bond acceptors (Lipinski definition) is 1. The number of benzene rings is 1. The fraction of sp³-hybridized carbons (Fsp3) is 0.429. The maximum absolute atomic E-state index is 5.70. The van der Waals surface area contributed by atoms with Crippen LogP contribution in [0.1, 0.15) is 25.1 Å². The number of aryl methyl sites for hydroxylation is 1. The zero-order valence-electron chi connectivity index (χ0n) is 10.1. The van der Waals surface area contributed by atoms with Gasteiger partial charge in [0, 0.05) is 16.6 Å². The quantitative estimate of drug-likeness (QED) is 0.658. The number of hydrogen-bond donors (Lipinski definition) is 0. The summed E-state index contributed by atoms with van der Waals surface area (Å²) in [5, 5.41) is 1.36. The van der Waals surface area contributed by atoms with Crippen LogP contribution in [0.4, 0.5) is 0 Å². The van der Waals surface area contributed by atoms with Gasteiger partial charge in [0.15, 0.2) is 0 Å². The van der Waals surface area contributed by atoms with Crippen molar-refractivity contribution in [3.05, 3.63) is 35.5 Å². The molecule has 0 spiro atoms. The predicted octanol–water partition coefficient (Wildman–Crippen LogP) is 3.22. The highest BCUT2D eigenvalue weighted by atomic mass is 16.5. The third kappa shape index (κ3) is 1.17. The number of fused-ring (bicyclic) bond motifs is 3. The van der Waals surface area contributed by atoms with Crippen LogP contribution in [0.3, 0.4) is 0 Å². The van der Waals surface area contributed by atoms with Crippen molar-refractivity contribution in [3.8, 4) is 0 Å². The molecule has 1 aromatic heterocycles. The number of rotatable bonds is 0. The second-order valence-corrected chi connectivity index (χ2v) is 5.23. The van der Waals surface area contributed by atoms with E-state index in [1.807, 2.05) is 0 Å². The smallest absolute Gasteiger partial charge is 0.0872 e. The van der Waals surface area contributed by atoms with E-state index < -0.39 is 0 Å². The zero-order valence-corrected chi connectivity index (χ0v) is 10.1. The molecule has 1 aromatic carbocycles. The van der Waals surface area contributed by atoms with Gasteiger partial charge in [-0.3, -0.25) is 0 Å². The Hall–Kier alpha value is -1.28. The molecule has 0 aliphatic carbocycles.